The number of methoxy groups -OCH3 is 1. The second-order valence-corrected chi connectivity index (χ2v) is 7.51. The number of benzene rings is 2. The van der Waals surface area contributed by atoms with Gasteiger partial charge in [-0.2, -0.15) is 0 Å². The Bertz CT molecular complexity index is 1240. The van der Waals surface area contributed by atoms with Crippen LogP contribution in [0.2, 0.25) is 0 Å². The Morgan fingerprint density at radius 1 is 1.21 bits per heavy atom. The number of aryl methyl sites for hydroxylation is 1. The minimum atomic E-state index is -0.240. The van der Waals surface area contributed by atoms with Crippen LogP contribution in [0.3, 0.4) is 0 Å². The van der Waals surface area contributed by atoms with Crippen LogP contribution < -0.4 is 15.6 Å². The summed E-state index contributed by atoms with van der Waals surface area (Å²) >= 11 is 1.41. The largest absolute Gasteiger partial charge is 0.497 e. The molecule has 7 heteroatoms. The molecule has 0 fully saturated rings. The van der Waals surface area contributed by atoms with Gasteiger partial charge in [-0.3, -0.25) is 14.2 Å². The maximum Gasteiger partial charge on any atom is 0.272 e. The lowest BCUT2D eigenvalue weighted by Crippen LogP contribution is -2.33. The maximum atomic E-state index is 12.9. The van der Waals surface area contributed by atoms with Crippen LogP contribution in [0.15, 0.2) is 53.3 Å². The summed E-state index contributed by atoms with van der Waals surface area (Å²) in [5.41, 5.74) is 1.45. The lowest BCUT2D eigenvalue weighted by atomic mass is 10.2. The standard InChI is InChI=1S/C21H19N3O3S/c1-13-23-19-16-8-3-4-9-17(16)28-20(19)21(26)24(13)12-18(25)22-11-14-6-5-7-15(10-14)27-2/h3-10H,11-12H2,1-2H3,(H,22,25). The highest BCUT2D eigenvalue weighted by atomic mass is 32.1. The van der Waals surface area contributed by atoms with Crippen LogP contribution in [0.5, 0.6) is 5.75 Å². The SMILES string of the molecule is COc1cccc(CNC(=O)Cn2c(C)nc3c(sc4ccccc43)c2=O)c1. The molecule has 1 amide bonds. The summed E-state index contributed by atoms with van der Waals surface area (Å²) in [5, 5.41) is 3.82. The highest BCUT2D eigenvalue weighted by Crippen LogP contribution is 2.30. The molecule has 0 aliphatic carbocycles. The van der Waals surface area contributed by atoms with E-state index in [-0.39, 0.29) is 18.0 Å². The molecule has 142 valence electrons. The first-order valence-electron chi connectivity index (χ1n) is 8.85. The number of nitrogens with zero attached hydrogens (tertiary/aromatic N) is 2. The summed E-state index contributed by atoms with van der Waals surface area (Å²) in [4.78, 5) is 30.0. The number of thiophene rings is 1. The van der Waals surface area contributed by atoms with Gasteiger partial charge in [0, 0.05) is 16.6 Å². The molecule has 0 saturated heterocycles. The lowest BCUT2D eigenvalue weighted by molar-refractivity contribution is -0.121. The molecule has 0 aliphatic rings. The summed E-state index contributed by atoms with van der Waals surface area (Å²) in [6.07, 6.45) is 0. The second kappa shape index (κ2) is 7.44. The molecule has 2 aromatic heterocycles. The van der Waals surface area contributed by atoms with Crippen LogP contribution in [0.4, 0.5) is 0 Å². The van der Waals surface area contributed by atoms with E-state index in [2.05, 4.69) is 10.3 Å². The van der Waals surface area contributed by atoms with E-state index in [0.717, 1.165) is 21.4 Å². The van der Waals surface area contributed by atoms with E-state index in [9.17, 15) is 9.59 Å². The van der Waals surface area contributed by atoms with Crippen molar-refractivity contribution >= 4 is 37.5 Å². The zero-order valence-corrected chi connectivity index (χ0v) is 16.4. The van der Waals surface area contributed by atoms with Crippen LogP contribution in [-0.4, -0.2) is 22.6 Å². The van der Waals surface area contributed by atoms with Crippen molar-refractivity contribution in [2.75, 3.05) is 7.11 Å². The lowest BCUT2D eigenvalue weighted by Gasteiger charge is -2.10. The molecule has 4 rings (SSSR count). The molecule has 0 spiro atoms. The highest BCUT2D eigenvalue weighted by molar-refractivity contribution is 7.25. The number of ether oxygens (including phenoxy) is 1. The van der Waals surface area contributed by atoms with Crippen LogP contribution in [0.25, 0.3) is 20.3 Å². The highest BCUT2D eigenvalue weighted by Gasteiger charge is 2.15. The molecule has 0 unspecified atom stereocenters. The molecule has 2 heterocycles. The van der Waals surface area contributed by atoms with E-state index in [1.807, 2.05) is 48.5 Å². The third-order valence-corrected chi connectivity index (χ3v) is 5.75. The van der Waals surface area contributed by atoms with Gasteiger partial charge in [-0.1, -0.05) is 30.3 Å². The van der Waals surface area contributed by atoms with Gasteiger partial charge in [0.05, 0.1) is 12.6 Å². The fraction of sp³-hybridized carbons (Fsp3) is 0.190. The molecule has 0 saturated carbocycles. The Hall–Kier alpha value is -3.19. The first-order valence-corrected chi connectivity index (χ1v) is 9.67. The molecule has 2 aromatic carbocycles. The predicted octanol–water partition coefficient (Wildman–Crippen LogP) is 3.24. The summed E-state index contributed by atoms with van der Waals surface area (Å²) in [6, 6.07) is 15.3. The molecular formula is C21H19N3O3S. The molecule has 0 aliphatic heterocycles. The number of nitrogens with one attached hydrogen (secondary N) is 1. The fourth-order valence-electron chi connectivity index (χ4n) is 3.15. The Labute approximate surface area is 165 Å². The average Bonchev–Trinajstić information content (AvgIpc) is 3.08. The number of hydrogen-bond donors (Lipinski definition) is 1. The summed E-state index contributed by atoms with van der Waals surface area (Å²) < 4.78 is 8.21. The van der Waals surface area contributed by atoms with Gasteiger partial charge in [0.25, 0.3) is 5.56 Å². The number of fused-ring (bicyclic) bond motifs is 3. The molecule has 0 bridgehead atoms. The van der Waals surface area contributed by atoms with Gasteiger partial charge in [0.15, 0.2) is 0 Å². The molecule has 0 atom stereocenters. The van der Waals surface area contributed by atoms with Crippen LogP contribution in [0.1, 0.15) is 11.4 Å². The van der Waals surface area contributed by atoms with Gasteiger partial charge >= 0.3 is 0 Å². The summed E-state index contributed by atoms with van der Waals surface area (Å²) in [7, 11) is 1.60. The zero-order valence-electron chi connectivity index (χ0n) is 15.6. The van der Waals surface area contributed by atoms with Gasteiger partial charge in [-0.05, 0) is 30.7 Å². The minimum Gasteiger partial charge on any atom is -0.497 e. The monoisotopic (exact) mass is 393 g/mol. The Kier molecular flexibility index (Phi) is 4.83. The van der Waals surface area contributed by atoms with Gasteiger partial charge < -0.3 is 10.1 Å². The summed E-state index contributed by atoms with van der Waals surface area (Å²) in [6.45, 7) is 2.05. The number of carbonyl (C=O) groups is 1. The van der Waals surface area contributed by atoms with Crippen LogP contribution >= 0.6 is 11.3 Å². The Morgan fingerprint density at radius 2 is 2.04 bits per heavy atom. The van der Waals surface area contributed by atoms with E-state index < -0.39 is 0 Å². The fourth-order valence-corrected chi connectivity index (χ4v) is 4.24. The topological polar surface area (TPSA) is 73.2 Å². The van der Waals surface area contributed by atoms with Gasteiger partial charge in [-0.25, -0.2) is 4.98 Å². The normalized spacial score (nSPS) is 11.1. The predicted molar refractivity (Wildman–Crippen MR) is 111 cm³/mol. The van der Waals surface area contributed by atoms with Crippen molar-refractivity contribution in [3.63, 3.8) is 0 Å². The van der Waals surface area contributed by atoms with E-state index in [0.29, 0.717) is 22.6 Å². The molecule has 6 nitrogen and oxygen atoms in total. The number of amides is 1. The first kappa shape index (κ1) is 18.2. The second-order valence-electron chi connectivity index (χ2n) is 6.45. The van der Waals surface area contributed by atoms with E-state index in [4.69, 9.17) is 4.74 Å². The van der Waals surface area contributed by atoms with Crippen LogP contribution in [0, 0.1) is 6.92 Å². The first-order chi connectivity index (χ1) is 13.6. The molecule has 1 N–H and O–H groups in total. The van der Waals surface area contributed by atoms with Crippen molar-refractivity contribution in [3.8, 4) is 5.75 Å². The van der Waals surface area contributed by atoms with Gasteiger partial charge in [0.1, 0.15) is 22.8 Å². The number of aromatic nitrogens is 2. The van der Waals surface area contributed by atoms with E-state index >= 15 is 0 Å². The van der Waals surface area contributed by atoms with Crippen molar-refractivity contribution in [1.29, 1.82) is 0 Å². The minimum absolute atomic E-state index is 0.0637. The molecular weight excluding hydrogens is 374 g/mol. The van der Waals surface area contributed by atoms with Gasteiger partial charge in [0.2, 0.25) is 5.91 Å². The van der Waals surface area contributed by atoms with Crippen molar-refractivity contribution < 1.29 is 9.53 Å². The molecule has 4 aromatic rings. The van der Waals surface area contributed by atoms with Crippen molar-refractivity contribution in [1.82, 2.24) is 14.9 Å². The zero-order chi connectivity index (χ0) is 19.7. The summed E-state index contributed by atoms with van der Waals surface area (Å²) in [5.74, 6) is 1.02. The molecule has 28 heavy (non-hydrogen) atoms. The van der Waals surface area contributed by atoms with Crippen molar-refractivity contribution in [3.05, 3.63) is 70.3 Å². The number of hydrogen-bond acceptors (Lipinski definition) is 5. The Balaban J connectivity index is 1.57. The number of rotatable bonds is 5. The van der Waals surface area contributed by atoms with Crippen LogP contribution in [-0.2, 0) is 17.9 Å². The van der Waals surface area contributed by atoms with Crippen molar-refractivity contribution in [2.24, 2.45) is 0 Å². The van der Waals surface area contributed by atoms with E-state index in [1.54, 1.807) is 14.0 Å². The third kappa shape index (κ3) is 3.36. The number of carbonyl (C=O) groups excluding carboxylic acids is 1. The maximum absolute atomic E-state index is 12.9. The Morgan fingerprint density at radius 3 is 2.86 bits per heavy atom. The average molecular weight is 393 g/mol. The molecule has 0 radical (unpaired) electrons. The van der Waals surface area contributed by atoms with Crippen molar-refractivity contribution in [2.45, 2.75) is 20.0 Å². The smallest absolute Gasteiger partial charge is 0.272 e. The van der Waals surface area contributed by atoms with Gasteiger partial charge in [-0.15, -0.1) is 11.3 Å². The van der Waals surface area contributed by atoms with E-state index in [1.165, 1.54) is 15.9 Å². The quantitative estimate of drug-likeness (QED) is 0.565. The third-order valence-electron chi connectivity index (χ3n) is 4.60.